The topological polar surface area (TPSA) is 26.3 Å². The first-order chi connectivity index (χ1) is 11.8. The van der Waals surface area contributed by atoms with Crippen molar-refractivity contribution in [3.8, 4) is 16.9 Å². The summed E-state index contributed by atoms with van der Waals surface area (Å²) in [4.78, 5) is 11.2. The molecule has 0 fully saturated rings. The van der Waals surface area contributed by atoms with Gasteiger partial charge in [-0.05, 0) is 71.0 Å². The molecular formula is C23H28O2. The number of methoxy groups -OCH3 is 1. The summed E-state index contributed by atoms with van der Waals surface area (Å²) in [5.74, 6) is 1.99. The minimum absolute atomic E-state index is 0.194. The summed E-state index contributed by atoms with van der Waals surface area (Å²) in [6, 6.07) is 10.3. The molecule has 1 aliphatic rings. The number of carbonyl (C=O) groups excluding carboxylic acids is 1. The molecule has 2 aromatic rings. The number of rotatable bonds is 3. The molecule has 0 saturated carbocycles. The van der Waals surface area contributed by atoms with Crippen LogP contribution in [0, 0.1) is 12.8 Å². The lowest BCUT2D eigenvalue weighted by Crippen LogP contribution is -2.30. The van der Waals surface area contributed by atoms with Crippen molar-refractivity contribution in [2.24, 2.45) is 5.92 Å². The summed E-state index contributed by atoms with van der Waals surface area (Å²) in [5.41, 5.74) is 7.16. The van der Waals surface area contributed by atoms with Crippen LogP contribution in [0.5, 0.6) is 5.75 Å². The molecule has 0 heterocycles. The summed E-state index contributed by atoms with van der Waals surface area (Å²) < 4.78 is 5.57. The Kier molecular flexibility index (Phi) is 4.49. The minimum Gasteiger partial charge on any atom is -0.496 e. The second kappa shape index (κ2) is 6.33. The molecule has 0 aromatic heterocycles. The largest absolute Gasteiger partial charge is 0.496 e. The van der Waals surface area contributed by atoms with E-state index in [9.17, 15) is 4.79 Å². The van der Waals surface area contributed by atoms with E-state index in [1.165, 1.54) is 23.1 Å². The highest BCUT2D eigenvalue weighted by Crippen LogP contribution is 2.48. The van der Waals surface area contributed by atoms with Crippen LogP contribution in [0.25, 0.3) is 11.1 Å². The molecule has 2 nitrogen and oxygen atoms in total. The van der Waals surface area contributed by atoms with Crippen molar-refractivity contribution in [2.45, 2.75) is 52.4 Å². The molecule has 0 N–H and O–H groups in total. The summed E-state index contributed by atoms with van der Waals surface area (Å²) in [6.07, 6.45) is 2.11. The Hall–Kier alpha value is -2.09. The van der Waals surface area contributed by atoms with Crippen LogP contribution >= 0.6 is 0 Å². The molecule has 2 aromatic carbocycles. The molecule has 2 unspecified atom stereocenters. The van der Waals surface area contributed by atoms with Gasteiger partial charge in [-0.1, -0.05) is 39.8 Å². The third-order valence-corrected chi connectivity index (χ3v) is 5.95. The first-order valence-electron chi connectivity index (χ1n) is 9.07. The molecule has 132 valence electrons. The van der Waals surface area contributed by atoms with Gasteiger partial charge in [0.25, 0.3) is 0 Å². The van der Waals surface area contributed by atoms with Crippen LogP contribution < -0.4 is 4.74 Å². The van der Waals surface area contributed by atoms with E-state index in [0.29, 0.717) is 17.4 Å². The number of ether oxygens (including phenoxy) is 1. The zero-order valence-corrected chi connectivity index (χ0v) is 16.1. The first-order valence-corrected chi connectivity index (χ1v) is 9.07. The predicted octanol–water partition coefficient (Wildman–Crippen LogP) is 5.90. The van der Waals surface area contributed by atoms with E-state index in [-0.39, 0.29) is 5.41 Å². The van der Waals surface area contributed by atoms with Gasteiger partial charge in [-0.15, -0.1) is 0 Å². The fourth-order valence-corrected chi connectivity index (χ4v) is 4.39. The zero-order valence-electron chi connectivity index (χ0n) is 16.1. The molecule has 1 aliphatic carbocycles. The van der Waals surface area contributed by atoms with Crippen LogP contribution in [0.2, 0.25) is 0 Å². The normalized spacial score (nSPS) is 21.5. The van der Waals surface area contributed by atoms with Crippen molar-refractivity contribution in [1.29, 1.82) is 0 Å². The molecule has 0 aliphatic heterocycles. The average molecular weight is 336 g/mol. The monoisotopic (exact) mass is 336 g/mol. The lowest BCUT2D eigenvalue weighted by Gasteiger charge is -2.41. The molecule has 0 saturated heterocycles. The van der Waals surface area contributed by atoms with Crippen molar-refractivity contribution >= 4 is 6.29 Å². The van der Waals surface area contributed by atoms with Gasteiger partial charge in [0.2, 0.25) is 0 Å². The third kappa shape index (κ3) is 2.99. The number of benzene rings is 2. The summed E-state index contributed by atoms with van der Waals surface area (Å²) in [7, 11) is 1.68. The van der Waals surface area contributed by atoms with Gasteiger partial charge in [-0.25, -0.2) is 0 Å². The van der Waals surface area contributed by atoms with Crippen molar-refractivity contribution in [3.05, 3.63) is 52.6 Å². The SMILES string of the molecule is COc1ccc(C=O)cc1-c1cc2c(cc1C)C(C)(C)CC(C)C2C. The van der Waals surface area contributed by atoms with Crippen LogP contribution in [0.1, 0.15) is 67.1 Å². The number of fused-ring (bicyclic) bond motifs is 1. The van der Waals surface area contributed by atoms with Crippen LogP contribution in [0.3, 0.4) is 0 Å². The van der Waals surface area contributed by atoms with Gasteiger partial charge in [0.05, 0.1) is 7.11 Å². The Morgan fingerprint density at radius 1 is 1.12 bits per heavy atom. The quantitative estimate of drug-likeness (QED) is 0.652. The summed E-state index contributed by atoms with van der Waals surface area (Å²) in [5, 5.41) is 0. The average Bonchev–Trinajstić information content (AvgIpc) is 2.58. The number of carbonyl (C=O) groups is 1. The molecule has 0 radical (unpaired) electrons. The molecule has 0 bridgehead atoms. The second-order valence-electron chi connectivity index (χ2n) is 8.19. The lowest BCUT2D eigenvalue weighted by atomic mass is 9.64. The van der Waals surface area contributed by atoms with Crippen LogP contribution in [-0.2, 0) is 5.41 Å². The number of aryl methyl sites for hydroxylation is 1. The van der Waals surface area contributed by atoms with Crippen LogP contribution in [0.15, 0.2) is 30.3 Å². The maximum Gasteiger partial charge on any atom is 0.150 e. The van der Waals surface area contributed by atoms with Crippen molar-refractivity contribution in [2.75, 3.05) is 7.11 Å². The fraction of sp³-hybridized carbons (Fsp3) is 0.435. The summed E-state index contributed by atoms with van der Waals surface area (Å²) >= 11 is 0. The van der Waals surface area contributed by atoms with Gasteiger partial charge in [0, 0.05) is 11.1 Å². The summed E-state index contributed by atoms with van der Waals surface area (Å²) in [6.45, 7) is 11.5. The minimum atomic E-state index is 0.194. The van der Waals surface area contributed by atoms with E-state index >= 15 is 0 Å². The van der Waals surface area contributed by atoms with Gasteiger partial charge in [-0.2, -0.15) is 0 Å². The lowest BCUT2D eigenvalue weighted by molar-refractivity contribution is 0.112. The van der Waals surface area contributed by atoms with Gasteiger partial charge < -0.3 is 4.74 Å². The number of aldehydes is 1. The van der Waals surface area contributed by atoms with Crippen molar-refractivity contribution in [1.82, 2.24) is 0 Å². The van der Waals surface area contributed by atoms with Crippen molar-refractivity contribution < 1.29 is 9.53 Å². The van der Waals surface area contributed by atoms with Crippen LogP contribution in [-0.4, -0.2) is 13.4 Å². The van der Waals surface area contributed by atoms with E-state index in [4.69, 9.17) is 4.74 Å². The molecule has 0 amide bonds. The Labute approximate surface area is 151 Å². The second-order valence-corrected chi connectivity index (χ2v) is 8.19. The first kappa shape index (κ1) is 17.7. The molecule has 25 heavy (non-hydrogen) atoms. The molecule has 0 spiro atoms. The Balaban J connectivity index is 2.25. The van der Waals surface area contributed by atoms with E-state index in [2.05, 4.69) is 46.8 Å². The van der Waals surface area contributed by atoms with E-state index in [1.54, 1.807) is 13.2 Å². The Morgan fingerprint density at radius 2 is 1.84 bits per heavy atom. The standard InChI is InChI=1S/C23H28O2/c1-14-9-21-19(16(3)15(2)12-23(21,4)5)11-18(14)20-10-17(13-24)7-8-22(20)25-6/h7-11,13,15-16H,12H2,1-6H3. The van der Waals surface area contributed by atoms with Crippen LogP contribution in [0.4, 0.5) is 0 Å². The zero-order chi connectivity index (χ0) is 18.4. The molecular weight excluding hydrogens is 308 g/mol. The predicted molar refractivity (Wildman–Crippen MR) is 104 cm³/mol. The fourth-order valence-electron chi connectivity index (χ4n) is 4.39. The number of hydrogen-bond donors (Lipinski definition) is 0. The highest BCUT2D eigenvalue weighted by molar-refractivity contribution is 5.83. The highest BCUT2D eigenvalue weighted by Gasteiger charge is 2.35. The maximum atomic E-state index is 11.2. The van der Waals surface area contributed by atoms with E-state index < -0.39 is 0 Å². The van der Waals surface area contributed by atoms with E-state index in [0.717, 1.165) is 23.2 Å². The van der Waals surface area contributed by atoms with Gasteiger partial charge in [-0.3, -0.25) is 4.79 Å². The Bertz CT molecular complexity index is 817. The van der Waals surface area contributed by atoms with Crippen molar-refractivity contribution in [3.63, 3.8) is 0 Å². The number of hydrogen-bond acceptors (Lipinski definition) is 2. The third-order valence-electron chi connectivity index (χ3n) is 5.95. The highest BCUT2D eigenvalue weighted by atomic mass is 16.5. The van der Waals surface area contributed by atoms with Gasteiger partial charge in [0.15, 0.2) is 0 Å². The molecule has 3 rings (SSSR count). The molecule has 2 heteroatoms. The Morgan fingerprint density at radius 3 is 2.48 bits per heavy atom. The molecule has 2 atom stereocenters. The van der Waals surface area contributed by atoms with E-state index in [1.807, 2.05) is 12.1 Å². The maximum absolute atomic E-state index is 11.2. The van der Waals surface area contributed by atoms with Gasteiger partial charge in [0.1, 0.15) is 12.0 Å². The van der Waals surface area contributed by atoms with Gasteiger partial charge >= 0.3 is 0 Å². The smallest absolute Gasteiger partial charge is 0.150 e.